The zero-order chi connectivity index (χ0) is 20.3. The smallest absolute Gasteiger partial charge is 0.338 e. The minimum absolute atomic E-state index is 0.157. The number of phenolic OH excluding ortho intramolecular Hbond substituents is 3. The van der Waals surface area contributed by atoms with Crippen LogP contribution in [0.5, 0.6) is 17.2 Å². The van der Waals surface area contributed by atoms with E-state index < -0.39 is 34.8 Å². The van der Waals surface area contributed by atoms with Crippen molar-refractivity contribution in [2.45, 2.75) is 6.92 Å². The van der Waals surface area contributed by atoms with E-state index in [-0.39, 0.29) is 38.6 Å². The van der Waals surface area contributed by atoms with Crippen LogP contribution in [0.25, 0.3) is 10.8 Å². The van der Waals surface area contributed by atoms with Crippen molar-refractivity contribution < 1.29 is 34.4 Å². The number of carbonyl (C=O) groups is 3. The van der Waals surface area contributed by atoms with Crippen molar-refractivity contribution in [1.29, 1.82) is 0 Å². The summed E-state index contributed by atoms with van der Waals surface area (Å²) in [4.78, 5) is 38.2. The number of fused-ring (bicyclic) bond motifs is 3. The molecule has 0 saturated heterocycles. The fourth-order valence-electron chi connectivity index (χ4n) is 3.65. The number of carbonyl (C=O) groups excluding carboxylic acids is 3. The van der Waals surface area contributed by atoms with E-state index in [9.17, 15) is 29.7 Å². The van der Waals surface area contributed by atoms with E-state index in [2.05, 4.69) is 0 Å². The van der Waals surface area contributed by atoms with Crippen LogP contribution >= 0.6 is 0 Å². The van der Waals surface area contributed by atoms with Gasteiger partial charge in [0.25, 0.3) is 0 Å². The van der Waals surface area contributed by atoms with Crippen LogP contribution in [0.3, 0.4) is 0 Å². The average Bonchev–Trinajstić information content (AvgIpc) is 2.66. The molecular formula is C21H14O7. The monoisotopic (exact) mass is 378 g/mol. The van der Waals surface area contributed by atoms with E-state index in [1.165, 1.54) is 19.2 Å². The van der Waals surface area contributed by atoms with Crippen LogP contribution in [0.2, 0.25) is 0 Å². The van der Waals surface area contributed by atoms with E-state index >= 15 is 0 Å². The summed E-state index contributed by atoms with van der Waals surface area (Å²) in [5.74, 6) is -3.61. The zero-order valence-electron chi connectivity index (χ0n) is 14.9. The summed E-state index contributed by atoms with van der Waals surface area (Å²) in [5.41, 5.74) is -0.445. The fourth-order valence-corrected chi connectivity index (χ4v) is 3.65. The van der Waals surface area contributed by atoms with E-state index in [4.69, 9.17) is 4.74 Å². The molecule has 1 aliphatic carbocycles. The third-order valence-corrected chi connectivity index (χ3v) is 4.98. The lowest BCUT2D eigenvalue weighted by molar-refractivity contribution is 0.0602. The second-order valence-electron chi connectivity index (χ2n) is 6.50. The van der Waals surface area contributed by atoms with E-state index in [1.54, 1.807) is 13.0 Å². The van der Waals surface area contributed by atoms with Gasteiger partial charge in [0.1, 0.15) is 17.2 Å². The molecule has 3 aromatic carbocycles. The zero-order valence-corrected chi connectivity index (χ0v) is 14.9. The fraction of sp³-hybridized carbons (Fsp3) is 0.0952. The number of rotatable bonds is 1. The first-order valence-electron chi connectivity index (χ1n) is 8.29. The molecule has 140 valence electrons. The Morgan fingerprint density at radius 3 is 2.07 bits per heavy atom. The van der Waals surface area contributed by atoms with Gasteiger partial charge in [-0.25, -0.2) is 4.79 Å². The van der Waals surface area contributed by atoms with Crippen LogP contribution in [0.15, 0.2) is 30.3 Å². The molecule has 1 aliphatic rings. The molecule has 28 heavy (non-hydrogen) atoms. The quantitative estimate of drug-likeness (QED) is 0.344. The number of esters is 1. The molecular weight excluding hydrogens is 364 g/mol. The Balaban J connectivity index is 2.15. The first-order valence-corrected chi connectivity index (χ1v) is 8.29. The highest BCUT2D eigenvalue weighted by Crippen LogP contribution is 2.43. The van der Waals surface area contributed by atoms with Crippen molar-refractivity contribution in [1.82, 2.24) is 0 Å². The molecule has 0 heterocycles. The Kier molecular flexibility index (Phi) is 3.64. The van der Waals surface area contributed by atoms with Crippen molar-refractivity contribution in [3.8, 4) is 17.2 Å². The molecule has 3 aromatic rings. The molecule has 4 rings (SSSR count). The van der Waals surface area contributed by atoms with Gasteiger partial charge in [-0.1, -0.05) is 12.1 Å². The Labute approximate surface area is 158 Å². The molecule has 0 spiro atoms. The summed E-state index contributed by atoms with van der Waals surface area (Å²) < 4.78 is 4.80. The molecule has 3 N–H and O–H groups in total. The second-order valence-corrected chi connectivity index (χ2v) is 6.50. The Morgan fingerprint density at radius 1 is 0.857 bits per heavy atom. The van der Waals surface area contributed by atoms with Gasteiger partial charge in [0.15, 0.2) is 5.78 Å². The maximum absolute atomic E-state index is 13.0. The Morgan fingerprint density at radius 2 is 1.46 bits per heavy atom. The standard InChI is InChI=1S/C21H14O7/c1-8-3-4-9-10(14(8)21(27)28-2)7-11-15(18(9)24)20(26)17-13(23)6-5-12(22)16(17)19(11)25/h3-7,22-24H,1-2H3. The number of hydrogen-bond acceptors (Lipinski definition) is 7. The molecule has 0 atom stereocenters. The van der Waals surface area contributed by atoms with Gasteiger partial charge in [-0.3, -0.25) is 9.59 Å². The molecule has 0 saturated carbocycles. The Hall–Kier alpha value is -3.87. The lowest BCUT2D eigenvalue weighted by Gasteiger charge is -2.22. The van der Waals surface area contributed by atoms with Crippen LogP contribution in [0.4, 0.5) is 0 Å². The van der Waals surface area contributed by atoms with Gasteiger partial charge in [0.05, 0.1) is 29.4 Å². The van der Waals surface area contributed by atoms with Crippen molar-refractivity contribution in [2.75, 3.05) is 7.11 Å². The van der Waals surface area contributed by atoms with E-state index in [1.807, 2.05) is 0 Å². The molecule has 0 unspecified atom stereocenters. The topological polar surface area (TPSA) is 121 Å². The van der Waals surface area contributed by atoms with Crippen LogP contribution in [-0.4, -0.2) is 40.0 Å². The SMILES string of the molecule is COC(=O)c1c(C)ccc2c(O)c3c(cc12)C(=O)c1c(O)ccc(O)c1C3=O. The van der Waals surface area contributed by atoms with E-state index in [0.29, 0.717) is 5.56 Å². The van der Waals surface area contributed by atoms with Crippen molar-refractivity contribution in [3.05, 3.63) is 63.7 Å². The summed E-state index contributed by atoms with van der Waals surface area (Å²) >= 11 is 0. The number of hydrogen-bond donors (Lipinski definition) is 3. The molecule has 0 aliphatic heterocycles. The van der Waals surface area contributed by atoms with Gasteiger partial charge >= 0.3 is 5.97 Å². The number of benzene rings is 3. The highest BCUT2D eigenvalue weighted by molar-refractivity contribution is 6.33. The van der Waals surface area contributed by atoms with Gasteiger partial charge in [0, 0.05) is 16.3 Å². The first kappa shape index (κ1) is 17.5. The summed E-state index contributed by atoms with van der Waals surface area (Å²) in [7, 11) is 1.21. The minimum atomic E-state index is -0.794. The number of methoxy groups -OCH3 is 1. The summed E-state index contributed by atoms with van der Waals surface area (Å²) in [5, 5.41) is 31.3. The largest absolute Gasteiger partial charge is 0.507 e. The number of phenols is 3. The normalized spacial score (nSPS) is 12.6. The van der Waals surface area contributed by atoms with Crippen LogP contribution in [0, 0.1) is 6.92 Å². The van der Waals surface area contributed by atoms with Gasteiger partial charge in [-0.15, -0.1) is 0 Å². The third kappa shape index (κ3) is 2.13. The second kappa shape index (κ2) is 5.82. The summed E-state index contributed by atoms with van der Waals surface area (Å²) in [6, 6.07) is 6.65. The molecule has 0 amide bonds. The van der Waals surface area contributed by atoms with Gasteiger partial charge in [0.2, 0.25) is 5.78 Å². The molecule has 0 fully saturated rings. The van der Waals surface area contributed by atoms with Crippen LogP contribution < -0.4 is 0 Å². The summed E-state index contributed by atoms with van der Waals surface area (Å²) in [6.07, 6.45) is 0. The molecule has 7 heteroatoms. The van der Waals surface area contributed by atoms with Gasteiger partial charge in [-0.05, 0) is 30.7 Å². The molecule has 0 aromatic heterocycles. The minimum Gasteiger partial charge on any atom is -0.507 e. The van der Waals surface area contributed by atoms with Crippen LogP contribution in [0.1, 0.15) is 47.8 Å². The van der Waals surface area contributed by atoms with Crippen molar-refractivity contribution in [2.24, 2.45) is 0 Å². The highest BCUT2D eigenvalue weighted by Gasteiger charge is 2.37. The molecule has 0 radical (unpaired) electrons. The van der Waals surface area contributed by atoms with Crippen LogP contribution in [-0.2, 0) is 4.74 Å². The molecule has 7 nitrogen and oxygen atoms in total. The van der Waals surface area contributed by atoms with Gasteiger partial charge in [-0.2, -0.15) is 0 Å². The van der Waals surface area contributed by atoms with Crippen molar-refractivity contribution >= 4 is 28.3 Å². The average molecular weight is 378 g/mol. The first-order chi connectivity index (χ1) is 13.3. The number of ether oxygens (including phenoxy) is 1. The summed E-state index contributed by atoms with van der Waals surface area (Å²) in [6.45, 7) is 1.67. The van der Waals surface area contributed by atoms with E-state index in [0.717, 1.165) is 12.1 Å². The highest BCUT2D eigenvalue weighted by atomic mass is 16.5. The third-order valence-electron chi connectivity index (χ3n) is 4.98. The maximum atomic E-state index is 13.0. The van der Waals surface area contributed by atoms with Gasteiger partial charge < -0.3 is 20.1 Å². The molecule has 0 bridgehead atoms. The number of aromatic hydroxyl groups is 3. The lowest BCUT2D eigenvalue weighted by atomic mass is 9.80. The predicted octanol–water partition coefficient (Wildman–Crippen LogP) is 2.83. The lowest BCUT2D eigenvalue weighted by Crippen LogP contribution is -2.22. The number of ketones is 2. The number of aryl methyl sites for hydroxylation is 1. The Bertz CT molecular complexity index is 1240. The predicted molar refractivity (Wildman–Crippen MR) is 98.3 cm³/mol. The maximum Gasteiger partial charge on any atom is 0.338 e. The van der Waals surface area contributed by atoms with Crippen molar-refractivity contribution in [3.63, 3.8) is 0 Å².